The van der Waals surface area contributed by atoms with Crippen molar-refractivity contribution in [2.24, 2.45) is 5.73 Å². The Bertz CT molecular complexity index is 224. The molecule has 100 valence electrons. The fourth-order valence-electron chi connectivity index (χ4n) is 1.08. The molecular formula is C10H21N3O4. The maximum atomic E-state index is 10.9. The number of methoxy groups -OCH3 is 1. The van der Waals surface area contributed by atoms with Gasteiger partial charge in [-0.05, 0) is 19.4 Å². The van der Waals surface area contributed by atoms with Crippen LogP contribution in [0.2, 0.25) is 0 Å². The second-order valence-corrected chi connectivity index (χ2v) is 3.40. The molecule has 17 heavy (non-hydrogen) atoms. The zero-order valence-electron chi connectivity index (χ0n) is 10.2. The van der Waals surface area contributed by atoms with E-state index in [1.165, 1.54) is 0 Å². The molecule has 4 N–H and O–H groups in total. The van der Waals surface area contributed by atoms with E-state index in [0.717, 1.165) is 12.8 Å². The third-order valence-electron chi connectivity index (χ3n) is 1.87. The molecule has 0 fully saturated rings. The Balaban J connectivity index is 3.13. The first-order valence-electron chi connectivity index (χ1n) is 5.53. The van der Waals surface area contributed by atoms with Crippen molar-refractivity contribution in [1.29, 1.82) is 0 Å². The molecule has 0 aliphatic carbocycles. The number of carbonyl (C=O) groups excluding carboxylic acids is 2. The minimum Gasteiger partial charge on any atom is -0.382 e. The Hall–Kier alpha value is -1.18. The zero-order valence-corrected chi connectivity index (χ0v) is 10.2. The minimum absolute atomic E-state index is 0.0907. The second-order valence-electron chi connectivity index (χ2n) is 3.40. The number of hydrogen-bond acceptors (Lipinski definition) is 5. The lowest BCUT2D eigenvalue weighted by atomic mass is 10.3. The Morgan fingerprint density at radius 2 is 1.94 bits per heavy atom. The number of nitrogens with one attached hydrogen (secondary N) is 2. The van der Waals surface area contributed by atoms with Crippen molar-refractivity contribution >= 4 is 11.9 Å². The zero-order chi connectivity index (χ0) is 12.9. The van der Waals surface area contributed by atoms with Crippen molar-refractivity contribution in [1.82, 2.24) is 10.6 Å². The van der Waals surface area contributed by atoms with Gasteiger partial charge in [-0.1, -0.05) is 0 Å². The Morgan fingerprint density at radius 3 is 2.59 bits per heavy atom. The van der Waals surface area contributed by atoms with Gasteiger partial charge in [-0.2, -0.15) is 0 Å². The average molecular weight is 247 g/mol. The fraction of sp³-hybridized carbons (Fsp3) is 0.800. The van der Waals surface area contributed by atoms with Gasteiger partial charge in [0.2, 0.25) is 5.91 Å². The number of carbonyl (C=O) groups is 2. The summed E-state index contributed by atoms with van der Waals surface area (Å²) in [7, 11) is 1.63. The van der Waals surface area contributed by atoms with Crippen LogP contribution < -0.4 is 16.4 Å². The first-order valence-corrected chi connectivity index (χ1v) is 5.53. The van der Waals surface area contributed by atoms with Gasteiger partial charge < -0.3 is 20.5 Å². The van der Waals surface area contributed by atoms with Crippen LogP contribution in [0, 0.1) is 0 Å². The molecule has 0 saturated carbocycles. The summed E-state index contributed by atoms with van der Waals surface area (Å²) in [6, 6.07) is -0.830. The van der Waals surface area contributed by atoms with Crippen molar-refractivity contribution in [3.63, 3.8) is 0 Å². The Kier molecular flexibility index (Phi) is 10.5. The summed E-state index contributed by atoms with van der Waals surface area (Å²) >= 11 is 0. The molecule has 7 nitrogen and oxygen atoms in total. The largest absolute Gasteiger partial charge is 0.382 e. The lowest BCUT2D eigenvalue weighted by Gasteiger charge is -2.05. The number of amides is 3. The number of nitrogens with two attached hydrogens (primary N) is 1. The molecule has 3 amide bonds. The quantitative estimate of drug-likeness (QED) is 0.439. The number of imide groups is 1. The van der Waals surface area contributed by atoms with Crippen LogP contribution in [0.25, 0.3) is 0 Å². The smallest absolute Gasteiger partial charge is 0.318 e. The molecule has 0 radical (unpaired) electrons. The topological polar surface area (TPSA) is 103 Å². The highest BCUT2D eigenvalue weighted by Gasteiger charge is 2.01. The van der Waals surface area contributed by atoms with Gasteiger partial charge in [0.1, 0.15) is 0 Å². The lowest BCUT2D eigenvalue weighted by molar-refractivity contribution is -0.119. The highest BCUT2D eigenvalue weighted by atomic mass is 16.5. The van der Waals surface area contributed by atoms with Crippen LogP contribution in [0.1, 0.15) is 12.8 Å². The van der Waals surface area contributed by atoms with E-state index < -0.39 is 11.9 Å². The molecule has 0 heterocycles. The molecule has 0 bridgehead atoms. The normalized spacial score (nSPS) is 10.2. The van der Waals surface area contributed by atoms with E-state index in [9.17, 15) is 9.59 Å². The van der Waals surface area contributed by atoms with E-state index in [4.69, 9.17) is 15.2 Å². The van der Waals surface area contributed by atoms with E-state index in [-0.39, 0.29) is 6.54 Å². The third kappa shape index (κ3) is 12.8. The van der Waals surface area contributed by atoms with E-state index in [1.807, 2.05) is 5.32 Å². The summed E-state index contributed by atoms with van der Waals surface area (Å²) in [6.45, 7) is 2.67. The van der Waals surface area contributed by atoms with Gasteiger partial charge in [0, 0.05) is 13.7 Å². The van der Waals surface area contributed by atoms with Crippen LogP contribution in [0.4, 0.5) is 4.79 Å². The van der Waals surface area contributed by atoms with Gasteiger partial charge in [-0.25, -0.2) is 4.79 Å². The predicted molar refractivity (Wildman–Crippen MR) is 62.5 cm³/mol. The summed E-state index contributed by atoms with van der Waals surface area (Å²) in [5, 5.41) is 4.86. The van der Waals surface area contributed by atoms with Gasteiger partial charge in [-0.3, -0.25) is 10.1 Å². The molecule has 0 saturated heterocycles. The maximum Gasteiger partial charge on any atom is 0.318 e. The SMILES string of the molecule is COCCOCCCCNCC(=O)NC(N)=O. The van der Waals surface area contributed by atoms with Crippen molar-refractivity contribution in [2.45, 2.75) is 12.8 Å². The first-order chi connectivity index (χ1) is 8.16. The highest BCUT2D eigenvalue weighted by Crippen LogP contribution is 1.88. The fourth-order valence-corrected chi connectivity index (χ4v) is 1.08. The summed E-state index contributed by atoms with van der Waals surface area (Å²) < 4.78 is 10.1. The summed E-state index contributed by atoms with van der Waals surface area (Å²) in [5.74, 6) is -0.422. The van der Waals surface area contributed by atoms with Gasteiger partial charge >= 0.3 is 6.03 Å². The molecule has 0 aromatic heterocycles. The number of primary amides is 1. The van der Waals surface area contributed by atoms with Gasteiger partial charge in [-0.15, -0.1) is 0 Å². The molecule has 0 spiro atoms. The second kappa shape index (κ2) is 11.3. The monoisotopic (exact) mass is 247 g/mol. The highest BCUT2D eigenvalue weighted by molar-refractivity contribution is 5.94. The van der Waals surface area contributed by atoms with Crippen LogP contribution in [-0.4, -0.2) is 52.0 Å². The van der Waals surface area contributed by atoms with Gasteiger partial charge in [0.25, 0.3) is 0 Å². The molecular weight excluding hydrogens is 226 g/mol. The molecule has 0 aromatic rings. The standard InChI is InChI=1S/C10H21N3O4/c1-16-6-7-17-5-3-2-4-12-8-9(14)13-10(11)15/h12H,2-8H2,1H3,(H3,11,13,14,15). The number of rotatable bonds is 10. The van der Waals surface area contributed by atoms with Crippen LogP contribution in [0.15, 0.2) is 0 Å². The number of urea groups is 1. The predicted octanol–water partition coefficient (Wildman–Crippen LogP) is -0.786. The van der Waals surface area contributed by atoms with E-state index >= 15 is 0 Å². The van der Waals surface area contributed by atoms with Crippen molar-refractivity contribution < 1.29 is 19.1 Å². The molecule has 0 rings (SSSR count). The molecule has 0 aromatic carbocycles. The van der Waals surface area contributed by atoms with Crippen LogP contribution in [-0.2, 0) is 14.3 Å². The lowest BCUT2D eigenvalue weighted by Crippen LogP contribution is -2.40. The van der Waals surface area contributed by atoms with Crippen LogP contribution >= 0.6 is 0 Å². The number of unbranched alkanes of at least 4 members (excludes halogenated alkanes) is 1. The number of hydrogen-bond donors (Lipinski definition) is 3. The maximum absolute atomic E-state index is 10.9. The Labute approximate surface area is 101 Å². The van der Waals surface area contributed by atoms with Crippen LogP contribution in [0.5, 0.6) is 0 Å². The van der Waals surface area contributed by atoms with E-state index in [0.29, 0.717) is 26.4 Å². The third-order valence-corrected chi connectivity index (χ3v) is 1.87. The minimum atomic E-state index is -0.830. The van der Waals surface area contributed by atoms with E-state index in [1.54, 1.807) is 7.11 Å². The van der Waals surface area contributed by atoms with Crippen LogP contribution in [0.3, 0.4) is 0 Å². The van der Waals surface area contributed by atoms with Crippen molar-refractivity contribution in [3.05, 3.63) is 0 Å². The first kappa shape index (κ1) is 15.8. The van der Waals surface area contributed by atoms with Gasteiger partial charge in [0.15, 0.2) is 0 Å². The summed E-state index contributed by atoms with van der Waals surface area (Å²) in [5.41, 5.74) is 4.78. The van der Waals surface area contributed by atoms with Crippen molar-refractivity contribution in [2.75, 3.05) is 40.0 Å². The summed E-state index contributed by atoms with van der Waals surface area (Å²) in [4.78, 5) is 21.3. The average Bonchev–Trinajstić information content (AvgIpc) is 2.26. The molecule has 0 aliphatic heterocycles. The summed E-state index contributed by atoms with van der Waals surface area (Å²) in [6.07, 6.45) is 1.81. The molecule has 7 heteroatoms. The number of ether oxygens (including phenoxy) is 2. The van der Waals surface area contributed by atoms with Gasteiger partial charge in [0.05, 0.1) is 19.8 Å². The van der Waals surface area contributed by atoms with E-state index in [2.05, 4.69) is 5.32 Å². The molecule has 0 aliphatic rings. The Morgan fingerprint density at radius 1 is 1.18 bits per heavy atom. The molecule has 0 atom stereocenters. The molecule has 0 unspecified atom stereocenters. The van der Waals surface area contributed by atoms with Crippen molar-refractivity contribution in [3.8, 4) is 0 Å².